The molecule has 3 rings (SSSR count). The lowest BCUT2D eigenvalue weighted by molar-refractivity contribution is -0.135. The Labute approximate surface area is 158 Å². The van der Waals surface area contributed by atoms with Crippen molar-refractivity contribution in [2.75, 3.05) is 39.4 Å². The average molecular weight is 381 g/mol. The molecule has 0 bridgehead atoms. The molecule has 0 aromatic carbocycles. The molecule has 2 N–H and O–H groups in total. The van der Waals surface area contributed by atoms with Crippen LogP contribution in [-0.2, 0) is 20.7 Å². The molecule has 144 valence electrons. The van der Waals surface area contributed by atoms with Crippen LogP contribution >= 0.6 is 11.3 Å². The van der Waals surface area contributed by atoms with Crippen molar-refractivity contribution in [1.29, 1.82) is 0 Å². The van der Waals surface area contributed by atoms with Gasteiger partial charge in [0.05, 0.1) is 32.3 Å². The van der Waals surface area contributed by atoms with Gasteiger partial charge in [0.25, 0.3) is 0 Å². The molecule has 1 spiro atoms. The highest BCUT2D eigenvalue weighted by molar-refractivity contribution is 7.08. The van der Waals surface area contributed by atoms with E-state index < -0.39 is 5.60 Å². The first-order valence-electron chi connectivity index (χ1n) is 9.16. The Bertz CT molecular complexity index is 610. The number of hydrogen-bond acceptors (Lipinski definition) is 5. The first-order chi connectivity index (χ1) is 12.6. The molecule has 2 atom stereocenters. The van der Waals surface area contributed by atoms with Gasteiger partial charge < -0.3 is 25.0 Å². The lowest BCUT2D eigenvalue weighted by Crippen LogP contribution is -2.48. The fraction of sp³-hybridized carbons (Fsp3) is 0.667. The summed E-state index contributed by atoms with van der Waals surface area (Å²) in [5, 5.41) is 9.54. The third-order valence-electron chi connectivity index (χ3n) is 4.80. The minimum Gasteiger partial charge on any atom is -0.377 e. The van der Waals surface area contributed by atoms with E-state index in [1.165, 1.54) is 0 Å². The van der Waals surface area contributed by atoms with Crippen LogP contribution in [-0.4, -0.2) is 67.9 Å². The van der Waals surface area contributed by atoms with Crippen LogP contribution in [0.4, 0.5) is 4.79 Å². The van der Waals surface area contributed by atoms with Crippen molar-refractivity contribution in [3.05, 3.63) is 22.4 Å². The minimum absolute atomic E-state index is 0.0480. The van der Waals surface area contributed by atoms with E-state index in [-0.39, 0.29) is 18.0 Å². The molecule has 0 saturated carbocycles. The predicted octanol–water partition coefficient (Wildman–Crippen LogP) is 1.39. The lowest BCUT2D eigenvalue weighted by Gasteiger charge is -2.32. The Morgan fingerprint density at radius 3 is 3.08 bits per heavy atom. The summed E-state index contributed by atoms with van der Waals surface area (Å²) in [6.45, 7) is 5.11. The summed E-state index contributed by atoms with van der Waals surface area (Å²) in [6, 6.07) is 1.81. The molecule has 2 aliphatic rings. The van der Waals surface area contributed by atoms with Crippen LogP contribution in [0.5, 0.6) is 0 Å². The van der Waals surface area contributed by atoms with Crippen LogP contribution in [0.2, 0.25) is 0 Å². The topological polar surface area (TPSA) is 79.9 Å². The van der Waals surface area contributed by atoms with Crippen LogP contribution in [0.1, 0.15) is 25.3 Å². The molecule has 8 heteroatoms. The molecule has 26 heavy (non-hydrogen) atoms. The van der Waals surface area contributed by atoms with Gasteiger partial charge in [-0.05, 0) is 42.2 Å². The molecular formula is C18H27N3O4S. The maximum absolute atomic E-state index is 12.7. The fourth-order valence-corrected chi connectivity index (χ4v) is 4.16. The number of amides is 3. The molecule has 1 aromatic rings. The number of hydrogen-bond donors (Lipinski definition) is 2. The second-order valence-electron chi connectivity index (χ2n) is 6.88. The first kappa shape index (κ1) is 19.1. The third-order valence-corrected chi connectivity index (χ3v) is 5.54. The minimum atomic E-state index is -0.464. The molecule has 3 amide bonds. The number of carbonyl (C=O) groups excluding carboxylic acids is 2. The predicted molar refractivity (Wildman–Crippen MR) is 99.3 cm³/mol. The smallest absolute Gasteiger partial charge is 0.314 e. The van der Waals surface area contributed by atoms with E-state index in [0.29, 0.717) is 45.8 Å². The maximum Gasteiger partial charge on any atom is 0.314 e. The van der Waals surface area contributed by atoms with Gasteiger partial charge in [0, 0.05) is 19.6 Å². The summed E-state index contributed by atoms with van der Waals surface area (Å²) >= 11 is 1.60. The van der Waals surface area contributed by atoms with Crippen molar-refractivity contribution >= 4 is 23.3 Å². The number of carbonyl (C=O) groups is 2. The lowest BCUT2D eigenvalue weighted by atomic mass is 10.00. The standard InChI is InChI=1S/C18H27N3O4S/c1-2-19-17(23)20-10-15-3-5-18(25-15)12-21(6-7-24-13-18)16(22)9-14-4-8-26-11-14/h4,8,11,15H,2-3,5-7,9-10,12-13H2,1H3,(H2,19,20,23)/t15-,18-/m0/s1. The van der Waals surface area contributed by atoms with Gasteiger partial charge in [-0.25, -0.2) is 4.79 Å². The van der Waals surface area contributed by atoms with Crippen LogP contribution in [0.3, 0.4) is 0 Å². The van der Waals surface area contributed by atoms with Crippen LogP contribution in [0.25, 0.3) is 0 Å². The van der Waals surface area contributed by atoms with Crippen molar-refractivity contribution < 1.29 is 19.1 Å². The highest BCUT2D eigenvalue weighted by Crippen LogP contribution is 2.33. The van der Waals surface area contributed by atoms with Gasteiger partial charge in [-0.2, -0.15) is 11.3 Å². The second-order valence-corrected chi connectivity index (χ2v) is 7.66. The SMILES string of the molecule is CCNC(=O)NC[C@@H]1CC[C@]2(COCCN(C(=O)Cc3ccsc3)C2)O1. The van der Waals surface area contributed by atoms with Crippen molar-refractivity contribution in [1.82, 2.24) is 15.5 Å². The monoisotopic (exact) mass is 381 g/mol. The van der Waals surface area contributed by atoms with Crippen molar-refractivity contribution in [2.24, 2.45) is 0 Å². The molecule has 1 aromatic heterocycles. The zero-order valence-corrected chi connectivity index (χ0v) is 16.0. The summed E-state index contributed by atoms with van der Waals surface area (Å²) in [6.07, 6.45) is 2.05. The molecule has 2 fully saturated rings. The Morgan fingerprint density at radius 1 is 1.42 bits per heavy atom. The van der Waals surface area contributed by atoms with Crippen LogP contribution in [0, 0.1) is 0 Å². The highest BCUT2D eigenvalue weighted by Gasteiger charge is 2.44. The van der Waals surface area contributed by atoms with E-state index >= 15 is 0 Å². The zero-order chi connectivity index (χ0) is 18.4. The third kappa shape index (κ3) is 4.96. The van der Waals surface area contributed by atoms with E-state index in [9.17, 15) is 9.59 Å². The van der Waals surface area contributed by atoms with E-state index in [1.807, 2.05) is 28.7 Å². The van der Waals surface area contributed by atoms with E-state index in [2.05, 4.69) is 10.6 Å². The summed E-state index contributed by atoms with van der Waals surface area (Å²) in [4.78, 5) is 26.1. The number of rotatable bonds is 5. The summed E-state index contributed by atoms with van der Waals surface area (Å²) in [5.74, 6) is 0.112. The molecular weight excluding hydrogens is 354 g/mol. The molecule has 7 nitrogen and oxygen atoms in total. The summed E-state index contributed by atoms with van der Waals surface area (Å²) in [7, 11) is 0. The normalized spacial score (nSPS) is 25.9. The van der Waals surface area contributed by atoms with Gasteiger partial charge in [0.1, 0.15) is 5.60 Å². The van der Waals surface area contributed by atoms with Gasteiger partial charge in [0.2, 0.25) is 5.91 Å². The number of nitrogens with zero attached hydrogens (tertiary/aromatic N) is 1. The molecule has 0 radical (unpaired) electrons. The van der Waals surface area contributed by atoms with Crippen LogP contribution in [0.15, 0.2) is 16.8 Å². The number of urea groups is 1. The van der Waals surface area contributed by atoms with Gasteiger partial charge in [-0.3, -0.25) is 4.79 Å². The number of thiophene rings is 1. The van der Waals surface area contributed by atoms with Gasteiger partial charge in [-0.1, -0.05) is 0 Å². The van der Waals surface area contributed by atoms with E-state index in [4.69, 9.17) is 9.47 Å². The second kappa shape index (κ2) is 8.83. The molecule has 3 heterocycles. The van der Waals surface area contributed by atoms with Crippen molar-refractivity contribution in [3.8, 4) is 0 Å². The Balaban J connectivity index is 1.55. The van der Waals surface area contributed by atoms with Crippen LogP contribution < -0.4 is 10.6 Å². The fourth-order valence-electron chi connectivity index (χ4n) is 3.49. The molecule has 0 unspecified atom stereocenters. The van der Waals surface area contributed by atoms with Crippen molar-refractivity contribution in [3.63, 3.8) is 0 Å². The van der Waals surface area contributed by atoms with Gasteiger partial charge in [-0.15, -0.1) is 0 Å². The van der Waals surface area contributed by atoms with Gasteiger partial charge in [0.15, 0.2) is 0 Å². The Morgan fingerprint density at radius 2 is 2.31 bits per heavy atom. The Hall–Kier alpha value is -1.64. The van der Waals surface area contributed by atoms with E-state index in [0.717, 1.165) is 18.4 Å². The zero-order valence-electron chi connectivity index (χ0n) is 15.2. The highest BCUT2D eigenvalue weighted by atomic mass is 32.1. The summed E-state index contributed by atoms with van der Waals surface area (Å²) in [5.41, 5.74) is 0.588. The number of ether oxygens (including phenoxy) is 2. The first-order valence-corrected chi connectivity index (χ1v) is 10.1. The van der Waals surface area contributed by atoms with E-state index in [1.54, 1.807) is 11.3 Å². The quantitative estimate of drug-likeness (QED) is 0.808. The number of nitrogens with one attached hydrogen (secondary N) is 2. The Kier molecular flexibility index (Phi) is 6.50. The average Bonchev–Trinajstić information content (AvgIpc) is 3.21. The summed E-state index contributed by atoms with van der Waals surface area (Å²) < 4.78 is 12.0. The van der Waals surface area contributed by atoms with Crippen molar-refractivity contribution in [2.45, 2.75) is 37.9 Å². The molecule has 2 saturated heterocycles. The molecule has 2 aliphatic heterocycles. The molecule has 0 aliphatic carbocycles. The largest absolute Gasteiger partial charge is 0.377 e. The van der Waals surface area contributed by atoms with Gasteiger partial charge >= 0.3 is 6.03 Å². The maximum atomic E-state index is 12.7.